The number of benzene rings is 2. The van der Waals surface area contributed by atoms with Gasteiger partial charge in [-0.3, -0.25) is 0 Å². The highest BCUT2D eigenvalue weighted by Crippen LogP contribution is 2.24. The van der Waals surface area contributed by atoms with Crippen LogP contribution in [0.15, 0.2) is 53.4 Å². The van der Waals surface area contributed by atoms with Crippen molar-refractivity contribution in [2.45, 2.75) is 24.5 Å². The van der Waals surface area contributed by atoms with Crippen molar-refractivity contribution in [3.63, 3.8) is 0 Å². The highest BCUT2D eigenvalue weighted by Gasteiger charge is 1.99. The van der Waals surface area contributed by atoms with Crippen molar-refractivity contribution in [2.24, 2.45) is 0 Å². The van der Waals surface area contributed by atoms with Gasteiger partial charge in [0, 0.05) is 10.6 Å². The molecule has 2 rings (SSSR count). The molecule has 16 heavy (non-hydrogen) atoms. The first-order valence-corrected chi connectivity index (χ1v) is 6.48. The quantitative estimate of drug-likeness (QED) is 0.692. The van der Waals surface area contributed by atoms with Crippen molar-refractivity contribution >= 4 is 11.8 Å². The second kappa shape index (κ2) is 5.22. The summed E-state index contributed by atoms with van der Waals surface area (Å²) in [4.78, 5) is 1.34. The van der Waals surface area contributed by atoms with Gasteiger partial charge in [0.2, 0.25) is 0 Å². The molecule has 0 amide bonds. The van der Waals surface area contributed by atoms with E-state index in [9.17, 15) is 0 Å². The average Bonchev–Trinajstić information content (AvgIpc) is 2.29. The normalized spacial score (nSPS) is 10.4. The Balaban J connectivity index is 2.05. The maximum atomic E-state index is 2.25. The first-order valence-electron chi connectivity index (χ1n) is 5.50. The Hall–Kier alpha value is -1.21. The first kappa shape index (κ1) is 11.3. The summed E-state index contributed by atoms with van der Waals surface area (Å²) in [6.45, 7) is 4.33. The van der Waals surface area contributed by atoms with E-state index in [-0.39, 0.29) is 0 Å². The maximum absolute atomic E-state index is 2.25. The van der Waals surface area contributed by atoms with E-state index in [1.54, 1.807) is 0 Å². The second-order valence-electron chi connectivity index (χ2n) is 4.03. The lowest BCUT2D eigenvalue weighted by Gasteiger charge is -2.06. The molecule has 0 saturated carbocycles. The SMILES string of the molecule is Cc1ccc(CSc2ccccc2)c(C)c1. The first-order chi connectivity index (χ1) is 7.75. The molecule has 0 atom stereocenters. The van der Waals surface area contributed by atoms with Crippen molar-refractivity contribution in [3.8, 4) is 0 Å². The fourth-order valence-electron chi connectivity index (χ4n) is 1.69. The Morgan fingerprint density at radius 3 is 2.38 bits per heavy atom. The van der Waals surface area contributed by atoms with Gasteiger partial charge in [-0.25, -0.2) is 0 Å². The zero-order valence-corrected chi connectivity index (χ0v) is 10.6. The minimum Gasteiger partial charge on any atom is -0.121 e. The summed E-state index contributed by atoms with van der Waals surface area (Å²) in [7, 11) is 0. The molecule has 0 nitrogen and oxygen atoms in total. The van der Waals surface area contributed by atoms with Crippen LogP contribution < -0.4 is 0 Å². The average molecular weight is 228 g/mol. The standard InChI is InChI=1S/C15H16S/c1-12-8-9-14(13(2)10-12)11-16-15-6-4-3-5-7-15/h3-10H,11H2,1-2H3. The van der Waals surface area contributed by atoms with Gasteiger partial charge in [0.1, 0.15) is 0 Å². The van der Waals surface area contributed by atoms with E-state index in [4.69, 9.17) is 0 Å². The summed E-state index contributed by atoms with van der Waals surface area (Å²) < 4.78 is 0. The summed E-state index contributed by atoms with van der Waals surface area (Å²) in [6.07, 6.45) is 0. The van der Waals surface area contributed by atoms with Crippen LogP contribution in [0.25, 0.3) is 0 Å². The number of thioether (sulfide) groups is 1. The van der Waals surface area contributed by atoms with Crippen LogP contribution in [0.4, 0.5) is 0 Å². The van der Waals surface area contributed by atoms with Gasteiger partial charge in [-0.05, 0) is 37.1 Å². The molecule has 0 radical (unpaired) electrons. The van der Waals surface area contributed by atoms with E-state index < -0.39 is 0 Å². The van der Waals surface area contributed by atoms with Crippen LogP contribution in [-0.2, 0) is 5.75 Å². The third kappa shape index (κ3) is 2.89. The fourth-order valence-corrected chi connectivity index (χ4v) is 2.68. The van der Waals surface area contributed by atoms with Gasteiger partial charge < -0.3 is 0 Å². The number of aryl methyl sites for hydroxylation is 2. The Morgan fingerprint density at radius 2 is 1.69 bits per heavy atom. The molecule has 0 heterocycles. The van der Waals surface area contributed by atoms with Gasteiger partial charge in [0.15, 0.2) is 0 Å². The molecule has 2 aromatic rings. The monoisotopic (exact) mass is 228 g/mol. The van der Waals surface area contributed by atoms with E-state index in [0.717, 1.165) is 5.75 Å². The van der Waals surface area contributed by atoms with Crippen LogP contribution in [0.2, 0.25) is 0 Å². The van der Waals surface area contributed by atoms with Crippen LogP contribution in [0, 0.1) is 13.8 Å². The largest absolute Gasteiger partial charge is 0.121 e. The summed E-state index contributed by atoms with van der Waals surface area (Å²) in [5.74, 6) is 1.05. The molecule has 82 valence electrons. The van der Waals surface area contributed by atoms with E-state index >= 15 is 0 Å². The Bertz CT molecular complexity index is 460. The van der Waals surface area contributed by atoms with Crippen LogP contribution in [-0.4, -0.2) is 0 Å². The van der Waals surface area contributed by atoms with Gasteiger partial charge >= 0.3 is 0 Å². The molecule has 2 aromatic carbocycles. The fraction of sp³-hybridized carbons (Fsp3) is 0.200. The third-order valence-electron chi connectivity index (χ3n) is 2.64. The molecule has 0 spiro atoms. The Morgan fingerprint density at radius 1 is 0.938 bits per heavy atom. The highest BCUT2D eigenvalue weighted by molar-refractivity contribution is 7.98. The minimum atomic E-state index is 1.05. The van der Waals surface area contributed by atoms with Gasteiger partial charge in [0.25, 0.3) is 0 Å². The highest BCUT2D eigenvalue weighted by atomic mass is 32.2. The van der Waals surface area contributed by atoms with Crippen LogP contribution in [0.5, 0.6) is 0 Å². The van der Waals surface area contributed by atoms with Crippen LogP contribution in [0.1, 0.15) is 16.7 Å². The third-order valence-corrected chi connectivity index (χ3v) is 3.70. The Labute approximate surface area is 102 Å². The summed E-state index contributed by atoms with van der Waals surface area (Å²) in [5.41, 5.74) is 4.16. The van der Waals surface area contributed by atoms with E-state index in [1.807, 2.05) is 11.8 Å². The van der Waals surface area contributed by atoms with Gasteiger partial charge in [-0.1, -0.05) is 42.0 Å². The van der Waals surface area contributed by atoms with E-state index in [2.05, 4.69) is 62.4 Å². The molecule has 1 heteroatoms. The van der Waals surface area contributed by atoms with E-state index in [1.165, 1.54) is 21.6 Å². The molecule has 0 aliphatic carbocycles. The number of hydrogen-bond acceptors (Lipinski definition) is 1. The maximum Gasteiger partial charge on any atom is 0.0234 e. The molecular formula is C15H16S. The van der Waals surface area contributed by atoms with Crippen LogP contribution >= 0.6 is 11.8 Å². The lowest BCUT2D eigenvalue weighted by molar-refractivity contribution is 1.27. The zero-order valence-electron chi connectivity index (χ0n) is 9.73. The molecule has 0 N–H and O–H groups in total. The van der Waals surface area contributed by atoms with Crippen molar-refractivity contribution in [3.05, 3.63) is 65.2 Å². The Kier molecular flexibility index (Phi) is 3.68. The molecular weight excluding hydrogens is 212 g/mol. The van der Waals surface area contributed by atoms with Gasteiger partial charge in [-0.15, -0.1) is 11.8 Å². The zero-order chi connectivity index (χ0) is 11.4. The predicted octanol–water partition coefficient (Wildman–Crippen LogP) is 4.60. The topological polar surface area (TPSA) is 0 Å². The molecule has 0 fully saturated rings. The molecule has 0 unspecified atom stereocenters. The molecule has 0 aliphatic heterocycles. The van der Waals surface area contributed by atoms with Crippen molar-refractivity contribution in [1.29, 1.82) is 0 Å². The lowest BCUT2D eigenvalue weighted by atomic mass is 10.1. The van der Waals surface area contributed by atoms with Crippen molar-refractivity contribution in [1.82, 2.24) is 0 Å². The van der Waals surface area contributed by atoms with Gasteiger partial charge in [-0.2, -0.15) is 0 Å². The summed E-state index contributed by atoms with van der Waals surface area (Å²) in [6, 6.07) is 17.2. The van der Waals surface area contributed by atoms with E-state index in [0.29, 0.717) is 0 Å². The molecule has 0 aromatic heterocycles. The molecule has 0 bridgehead atoms. The predicted molar refractivity (Wildman–Crippen MR) is 71.9 cm³/mol. The smallest absolute Gasteiger partial charge is 0.0234 e. The number of hydrogen-bond donors (Lipinski definition) is 0. The van der Waals surface area contributed by atoms with Gasteiger partial charge in [0.05, 0.1) is 0 Å². The summed E-state index contributed by atoms with van der Waals surface area (Å²) in [5, 5.41) is 0. The molecule has 0 aliphatic rings. The molecule has 0 saturated heterocycles. The van der Waals surface area contributed by atoms with Crippen LogP contribution in [0.3, 0.4) is 0 Å². The summed E-state index contributed by atoms with van der Waals surface area (Å²) >= 11 is 1.89. The van der Waals surface area contributed by atoms with Crippen molar-refractivity contribution in [2.75, 3.05) is 0 Å². The minimum absolute atomic E-state index is 1.05. The second-order valence-corrected chi connectivity index (χ2v) is 5.08. The van der Waals surface area contributed by atoms with Crippen molar-refractivity contribution < 1.29 is 0 Å². The number of rotatable bonds is 3. The lowest BCUT2D eigenvalue weighted by Crippen LogP contribution is -1.87.